The van der Waals surface area contributed by atoms with E-state index >= 15 is 0 Å². The monoisotopic (exact) mass is 229 g/mol. The van der Waals surface area contributed by atoms with Crippen LogP contribution in [-0.2, 0) is 6.54 Å². The second-order valence-electron chi connectivity index (χ2n) is 4.61. The van der Waals surface area contributed by atoms with Crippen LogP contribution in [-0.4, -0.2) is 0 Å². The number of benzene rings is 1. The van der Waals surface area contributed by atoms with Crippen LogP contribution in [0.15, 0.2) is 40.8 Å². The topological polar surface area (TPSA) is 25.2 Å². The van der Waals surface area contributed by atoms with Crippen LogP contribution in [0, 0.1) is 6.92 Å². The summed E-state index contributed by atoms with van der Waals surface area (Å²) in [6.45, 7) is 7.11. The van der Waals surface area contributed by atoms with Crippen LogP contribution in [0.1, 0.15) is 36.8 Å². The molecule has 0 saturated carbocycles. The fourth-order valence-corrected chi connectivity index (χ4v) is 1.92. The molecule has 0 bridgehead atoms. The molecule has 17 heavy (non-hydrogen) atoms. The molecule has 0 unspecified atom stereocenters. The smallest absolute Gasteiger partial charge is 0.123 e. The minimum atomic E-state index is 0.525. The van der Waals surface area contributed by atoms with Crippen molar-refractivity contribution in [2.75, 3.05) is 5.32 Å². The van der Waals surface area contributed by atoms with E-state index < -0.39 is 0 Å². The van der Waals surface area contributed by atoms with Crippen molar-refractivity contribution in [1.29, 1.82) is 0 Å². The van der Waals surface area contributed by atoms with E-state index in [-0.39, 0.29) is 0 Å². The summed E-state index contributed by atoms with van der Waals surface area (Å²) in [5.74, 6) is 2.46. The molecule has 0 aliphatic carbocycles. The van der Waals surface area contributed by atoms with E-state index in [1.165, 1.54) is 11.3 Å². The van der Waals surface area contributed by atoms with E-state index in [9.17, 15) is 0 Å². The lowest BCUT2D eigenvalue weighted by Gasteiger charge is -2.13. The summed E-state index contributed by atoms with van der Waals surface area (Å²) in [5.41, 5.74) is 2.53. The van der Waals surface area contributed by atoms with Crippen molar-refractivity contribution in [2.24, 2.45) is 0 Å². The van der Waals surface area contributed by atoms with Crippen molar-refractivity contribution in [1.82, 2.24) is 0 Å². The molecule has 2 aromatic rings. The molecule has 1 N–H and O–H groups in total. The molecule has 1 aromatic carbocycles. The Balaban J connectivity index is 2.08. The Morgan fingerprint density at radius 2 is 1.88 bits per heavy atom. The van der Waals surface area contributed by atoms with Gasteiger partial charge in [0.05, 0.1) is 6.54 Å². The zero-order valence-electron chi connectivity index (χ0n) is 10.7. The molecule has 0 spiro atoms. The highest BCUT2D eigenvalue weighted by atomic mass is 16.3. The number of aryl methyl sites for hydroxylation is 1. The van der Waals surface area contributed by atoms with Crippen LogP contribution in [0.5, 0.6) is 0 Å². The van der Waals surface area contributed by atoms with Crippen molar-refractivity contribution < 1.29 is 4.42 Å². The van der Waals surface area contributed by atoms with Gasteiger partial charge in [0, 0.05) is 5.69 Å². The van der Waals surface area contributed by atoms with Gasteiger partial charge in [-0.25, -0.2) is 0 Å². The number of nitrogens with one attached hydrogen (secondary N) is 1. The van der Waals surface area contributed by atoms with Gasteiger partial charge in [0.15, 0.2) is 0 Å². The minimum absolute atomic E-state index is 0.525. The zero-order valence-corrected chi connectivity index (χ0v) is 10.7. The van der Waals surface area contributed by atoms with Gasteiger partial charge in [-0.2, -0.15) is 0 Å². The Labute approximate surface area is 103 Å². The fourth-order valence-electron chi connectivity index (χ4n) is 1.92. The third-order valence-corrected chi connectivity index (χ3v) is 2.83. The molecule has 0 aliphatic heterocycles. The number of para-hydroxylation sites is 1. The largest absolute Gasteiger partial charge is 0.465 e. The molecule has 0 radical (unpaired) electrons. The molecular weight excluding hydrogens is 210 g/mol. The van der Waals surface area contributed by atoms with Crippen molar-refractivity contribution in [3.05, 3.63) is 53.5 Å². The standard InChI is InChI=1S/C15H19NO/c1-11(2)14-6-4-5-7-15(14)16-10-13-9-8-12(3)17-13/h4-9,11,16H,10H2,1-3H3. The molecule has 0 aliphatic rings. The van der Waals surface area contributed by atoms with E-state index in [1.807, 2.05) is 19.1 Å². The summed E-state index contributed by atoms with van der Waals surface area (Å²) < 4.78 is 5.54. The second kappa shape index (κ2) is 5.09. The third kappa shape index (κ3) is 2.90. The zero-order chi connectivity index (χ0) is 12.3. The average molecular weight is 229 g/mol. The second-order valence-corrected chi connectivity index (χ2v) is 4.61. The molecular formula is C15H19NO. The van der Waals surface area contributed by atoms with Crippen LogP contribution in [0.25, 0.3) is 0 Å². The van der Waals surface area contributed by atoms with Crippen LogP contribution >= 0.6 is 0 Å². The Hall–Kier alpha value is -1.70. The van der Waals surface area contributed by atoms with Crippen LogP contribution in [0.2, 0.25) is 0 Å². The Bertz CT molecular complexity index is 485. The first-order valence-corrected chi connectivity index (χ1v) is 6.05. The number of hydrogen-bond acceptors (Lipinski definition) is 2. The maximum atomic E-state index is 5.54. The Morgan fingerprint density at radius 1 is 1.12 bits per heavy atom. The summed E-state index contributed by atoms with van der Waals surface area (Å²) in [4.78, 5) is 0. The van der Waals surface area contributed by atoms with Crippen LogP contribution in [0.3, 0.4) is 0 Å². The van der Waals surface area contributed by atoms with Gasteiger partial charge in [-0.05, 0) is 36.6 Å². The molecule has 0 amide bonds. The molecule has 0 atom stereocenters. The Morgan fingerprint density at radius 3 is 2.53 bits per heavy atom. The highest BCUT2D eigenvalue weighted by Gasteiger charge is 2.06. The maximum absolute atomic E-state index is 5.54. The number of hydrogen-bond donors (Lipinski definition) is 1. The molecule has 1 heterocycles. The lowest BCUT2D eigenvalue weighted by Crippen LogP contribution is -2.02. The summed E-state index contributed by atoms with van der Waals surface area (Å²) in [5, 5.41) is 3.43. The molecule has 90 valence electrons. The van der Waals surface area contributed by atoms with Crippen LogP contribution < -0.4 is 5.32 Å². The first kappa shape index (κ1) is 11.8. The van der Waals surface area contributed by atoms with Crippen molar-refractivity contribution in [2.45, 2.75) is 33.2 Å². The van der Waals surface area contributed by atoms with Gasteiger partial charge in [-0.1, -0.05) is 32.0 Å². The van der Waals surface area contributed by atoms with E-state index in [0.717, 1.165) is 18.1 Å². The molecule has 2 nitrogen and oxygen atoms in total. The van der Waals surface area contributed by atoms with Gasteiger partial charge < -0.3 is 9.73 Å². The first-order valence-electron chi connectivity index (χ1n) is 6.05. The normalized spacial score (nSPS) is 10.8. The highest BCUT2D eigenvalue weighted by Crippen LogP contribution is 2.24. The van der Waals surface area contributed by atoms with Crippen molar-refractivity contribution in [3.8, 4) is 0 Å². The number of rotatable bonds is 4. The first-order chi connectivity index (χ1) is 8.16. The maximum Gasteiger partial charge on any atom is 0.123 e. The highest BCUT2D eigenvalue weighted by molar-refractivity contribution is 5.52. The van der Waals surface area contributed by atoms with E-state index in [0.29, 0.717) is 5.92 Å². The van der Waals surface area contributed by atoms with Crippen LogP contribution in [0.4, 0.5) is 5.69 Å². The Kier molecular flexibility index (Phi) is 3.52. The summed E-state index contributed by atoms with van der Waals surface area (Å²) >= 11 is 0. The molecule has 2 heteroatoms. The predicted octanol–water partition coefficient (Wildman–Crippen LogP) is 4.32. The van der Waals surface area contributed by atoms with Gasteiger partial charge in [-0.15, -0.1) is 0 Å². The SMILES string of the molecule is Cc1ccc(CNc2ccccc2C(C)C)o1. The molecule has 1 aromatic heterocycles. The predicted molar refractivity (Wildman–Crippen MR) is 71.3 cm³/mol. The lowest BCUT2D eigenvalue weighted by molar-refractivity contribution is 0.490. The van der Waals surface area contributed by atoms with Gasteiger partial charge in [0.25, 0.3) is 0 Å². The lowest BCUT2D eigenvalue weighted by atomic mass is 10.0. The summed E-state index contributed by atoms with van der Waals surface area (Å²) in [6, 6.07) is 12.4. The van der Waals surface area contributed by atoms with Crippen molar-refractivity contribution in [3.63, 3.8) is 0 Å². The molecule has 2 rings (SSSR count). The molecule has 0 fully saturated rings. The van der Waals surface area contributed by atoms with E-state index in [2.05, 4.69) is 43.4 Å². The van der Waals surface area contributed by atoms with E-state index in [1.54, 1.807) is 0 Å². The summed E-state index contributed by atoms with van der Waals surface area (Å²) in [6.07, 6.45) is 0. The van der Waals surface area contributed by atoms with Gasteiger partial charge in [0.2, 0.25) is 0 Å². The average Bonchev–Trinajstić information content (AvgIpc) is 2.73. The minimum Gasteiger partial charge on any atom is -0.465 e. The van der Waals surface area contributed by atoms with E-state index in [4.69, 9.17) is 4.42 Å². The van der Waals surface area contributed by atoms with Gasteiger partial charge in [-0.3, -0.25) is 0 Å². The fraction of sp³-hybridized carbons (Fsp3) is 0.333. The van der Waals surface area contributed by atoms with Gasteiger partial charge in [0.1, 0.15) is 11.5 Å². The number of furan rings is 1. The van der Waals surface area contributed by atoms with Gasteiger partial charge >= 0.3 is 0 Å². The number of anilines is 1. The third-order valence-electron chi connectivity index (χ3n) is 2.83. The quantitative estimate of drug-likeness (QED) is 0.844. The van der Waals surface area contributed by atoms with Crippen molar-refractivity contribution >= 4 is 5.69 Å². The summed E-state index contributed by atoms with van der Waals surface area (Å²) in [7, 11) is 0. The molecule has 0 saturated heterocycles.